The lowest BCUT2D eigenvalue weighted by Crippen LogP contribution is -2.18. The van der Waals surface area contributed by atoms with Crippen LogP contribution in [0.25, 0.3) is 0 Å². The van der Waals surface area contributed by atoms with Crippen molar-refractivity contribution >= 4 is 5.95 Å². The number of aromatic nitrogens is 2. The molecule has 88 valence electrons. The topological polar surface area (TPSA) is 75.3 Å². The van der Waals surface area contributed by atoms with Crippen LogP contribution >= 0.6 is 0 Å². The fourth-order valence-electron chi connectivity index (χ4n) is 1.68. The Balaban J connectivity index is 2.37. The molecule has 1 saturated carbocycles. The summed E-state index contributed by atoms with van der Waals surface area (Å²) in [7, 11) is 3.82. The Bertz CT molecular complexity index is 376. The van der Waals surface area contributed by atoms with Gasteiger partial charge < -0.3 is 15.7 Å². The largest absolute Gasteiger partial charge is 0.387 e. The second kappa shape index (κ2) is 4.35. The summed E-state index contributed by atoms with van der Waals surface area (Å²) in [5, 5.41) is 9.80. The minimum atomic E-state index is -0.646. The van der Waals surface area contributed by atoms with Crippen molar-refractivity contribution in [2.24, 2.45) is 5.73 Å². The van der Waals surface area contributed by atoms with Crippen LogP contribution in [-0.2, 0) is 0 Å². The van der Waals surface area contributed by atoms with Crippen LogP contribution in [0.5, 0.6) is 0 Å². The first-order chi connectivity index (χ1) is 7.63. The second-order valence-electron chi connectivity index (χ2n) is 4.43. The first-order valence-corrected chi connectivity index (χ1v) is 5.55. The van der Waals surface area contributed by atoms with Gasteiger partial charge in [-0.1, -0.05) is 0 Å². The van der Waals surface area contributed by atoms with E-state index in [0.29, 0.717) is 11.9 Å². The Hall–Kier alpha value is -1.20. The number of hydrogen-bond acceptors (Lipinski definition) is 5. The number of aliphatic hydroxyl groups excluding tert-OH is 1. The predicted molar refractivity (Wildman–Crippen MR) is 62.3 cm³/mol. The molecule has 1 aromatic rings. The fraction of sp³-hybridized carbons (Fsp3) is 0.636. The number of nitrogens with zero attached hydrogens (tertiary/aromatic N) is 3. The van der Waals surface area contributed by atoms with E-state index in [9.17, 15) is 5.11 Å². The summed E-state index contributed by atoms with van der Waals surface area (Å²) in [6.45, 7) is 0.213. The highest BCUT2D eigenvalue weighted by molar-refractivity contribution is 5.35. The van der Waals surface area contributed by atoms with Crippen LogP contribution in [0.1, 0.15) is 36.1 Å². The maximum absolute atomic E-state index is 9.80. The maximum atomic E-state index is 9.80. The molecule has 1 aliphatic rings. The zero-order valence-electron chi connectivity index (χ0n) is 9.72. The summed E-state index contributed by atoms with van der Waals surface area (Å²) in [4.78, 5) is 10.6. The van der Waals surface area contributed by atoms with Gasteiger partial charge in [0.05, 0.1) is 11.8 Å². The van der Waals surface area contributed by atoms with E-state index in [2.05, 4.69) is 9.97 Å². The molecule has 0 bridgehead atoms. The van der Waals surface area contributed by atoms with Crippen molar-refractivity contribution in [2.75, 3.05) is 25.5 Å². The van der Waals surface area contributed by atoms with Crippen molar-refractivity contribution in [2.45, 2.75) is 24.9 Å². The van der Waals surface area contributed by atoms with E-state index >= 15 is 0 Å². The Kier molecular flexibility index (Phi) is 3.07. The third-order valence-electron chi connectivity index (χ3n) is 2.78. The minimum absolute atomic E-state index is 0.213. The molecule has 1 unspecified atom stereocenters. The Morgan fingerprint density at radius 2 is 2.25 bits per heavy atom. The number of nitrogens with two attached hydrogens (primary N) is 1. The van der Waals surface area contributed by atoms with Gasteiger partial charge in [0.1, 0.15) is 0 Å². The van der Waals surface area contributed by atoms with E-state index in [1.165, 1.54) is 0 Å². The van der Waals surface area contributed by atoms with Gasteiger partial charge in [0.2, 0.25) is 5.95 Å². The standard InChI is InChI=1S/C11H18N4O/c1-15(2)11-13-6-8(9(16)5-12)10(14-11)7-3-4-7/h6-7,9,16H,3-5,12H2,1-2H3. The van der Waals surface area contributed by atoms with Crippen LogP contribution in [0.3, 0.4) is 0 Å². The van der Waals surface area contributed by atoms with E-state index in [1.54, 1.807) is 6.20 Å². The number of rotatable bonds is 4. The predicted octanol–water partition coefficient (Wildman–Crippen LogP) is 0.412. The molecule has 0 aromatic carbocycles. The van der Waals surface area contributed by atoms with Crippen molar-refractivity contribution in [3.8, 4) is 0 Å². The quantitative estimate of drug-likeness (QED) is 0.772. The Labute approximate surface area is 95.3 Å². The molecule has 5 heteroatoms. The third kappa shape index (κ3) is 2.15. The maximum Gasteiger partial charge on any atom is 0.225 e. The van der Waals surface area contributed by atoms with Gasteiger partial charge in [-0.15, -0.1) is 0 Å². The van der Waals surface area contributed by atoms with Crippen molar-refractivity contribution in [1.82, 2.24) is 9.97 Å². The molecule has 0 saturated heterocycles. The van der Waals surface area contributed by atoms with Crippen molar-refractivity contribution in [1.29, 1.82) is 0 Å². The highest BCUT2D eigenvalue weighted by Crippen LogP contribution is 2.42. The molecule has 1 heterocycles. The molecule has 1 atom stereocenters. The second-order valence-corrected chi connectivity index (χ2v) is 4.43. The molecule has 16 heavy (non-hydrogen) atoms. The molecule has 0 amide bonds. The zero-order chi connectivity index (χ0) is 11.7. The van der Waals surface area contributed by atoms with Crippen LogP contribution in [0.15, 0.2) is 6.20 Å². The van der Waals surface area contributed by atoms with Gasteiger partial charge >= 0.3 is 0 Å². The number of hydrogen-bond donors (Lipinski definition) is 2. The Morgan fingerprint density at radius 3 is 2.75 bits per heavy atom. The van der Waals surface area contributed by atoms with Crippen LogP contribution in [0, 0.1) is 0 Å². The van der Waals surface area contributed by atoms with Gasteiger partial charge in [-0.25, -0.2) is 9.97 Å². The average molecular weight is 222 g/mol. The summed E-state index contributed by atoms with van der Waals surface area (Å²) in [5.74, 6) is 1.17. The van der Waals surface area contributed by atoms with Gasteiger partial charge in [-0.2, -0.15) is 0 Å². The summed E-state index contributed by atoms with van der Waals surface area (Å²) in [5.41, 5.74) is 7.23. The van der Waals surface area contributed by atoms with Gasteiger partial charge in [0, 0.05) is 38.3 Å². The van der Waals surface area contributed by atoms with Gasteiger partial charge in [-0.05, 0) is 12.8 Å². The number of aliphatic hydroxyl groups is 1. The lowest BCUT2D eigenvalue weighted by Gasteiger charge is -2.16. The van der Waals surface area contributed by atoms with E-state index in [1.807, 2.05) is 19.0 Å². The highest BCUT2D eigenvalue weighted by Gasteiger charge is 2.30. The average Bonchev–Trinajstić information content (AvgIpc) is 3.11. The van der Waals surface area contributed by atoms with Crippen molar-refractivity contribution in [3.63, 3.8) is 0 Å². The van der Waals surface area contributed by atoms with E-state index in [4.69, 9.17) is 5.73 Å². The van der Waals surface area contributed by atoms with Crippen LogP contribution < -0.4 is 10.6 Å². The van der Waals surface area contributed by atoms with E-state index in [-0.39, 0.29) is 6.54 Å². The normalized spacial score (nSPS) is 17.2. The van der Waals surface area contributed by atoms with Crippen LogP contribution in [0.2, 0.25) is 0 Å². The molecule has 0 aliphatic heterocycles. The number of anilines is 1. The van der Waals surface area contributed by atoms with Crippen molar-refractivity contribution < 1.29 is 5.11 Å². The van der Waals surface area contributed by atoms with E-state index < -0.39 is 6.10 Å². The molecular weight excluding hydrogens is 204 g/mol. The minimum Gasteiger partial charge on any atom is -0.387 e. The molecule has 1 aliphatic carbocycles. The lowest BCUT2D eigenvalue weighted by molar-refractivity contribution is 0.184. The first kappa shape index (κ1) is 11.3. The highest BCUT2D eigenvalue weighted by atomic mass is 16.3. The SMILES string of the molecule is CN(C)c1ncc(C(O)CN)c(C2CC2)n1. The van der Waals surface area contributed by atoms with Crippen molar-refractivity contribution in [3.05, 3.63) is 17.5 Å². The first-order valence-electron chi connectivity index (χ1n) is 5.55. The summed E-state index contributed by atoms with van der Waals surface area (Å²) >= 11 is 0. The Morgan fingerprint density at radius 1 is 1.56 bits per heavy atom. The zero-order valence-corrected chi connectivity index (χ0v) is 9.72. The molecular formula is C11H18N4O. The molecule has 1 fully saturated rings. The fourth-order valence-corrected chi connectivity index (χ4v) is 1.68. The molecule has 5 nitrogen and oxygen atoms in total. The van der Waals surface area contributed by atoms with Crippen LogP contribution in [-0.4, -0.2) is 35.7 Å². The summed E-state index contributed by atoms with van der Waals surface area (Å²) in [6, 6.07) is 0. The smallest absolute Gasteiger partial charge is 0.225 e. The van der Waals surface area contributed by atoms with Gasteiger partial charge in [0.25, 0.3) is 0 Å². The van der Waals surface area contributed by atoms with Gasteiger partial charge in [-0.3, -0.25) is 0 Å². The summed E-state index contributed by atoms with van der Waals surface area (Å²) < 4.78 is 0. The molecule has 2 rings (SSSR count). The third-order valence-corrected chi connectivity index (χ3v) is 2.78. The molecule has 1 aromatic heterocycles. The summed E-state index contributed by atoms with van der Waals surface area (Å²) in [6.07, 6.45) is 3.35. The lowest BCUT2D eigenvalue weighted by atomic mass is 10.1. The van der Waals surface area contributed by atoms with E-state index in [0.717, 1.165) is 24.1 Å². The molecule has 0 radical (unpaired) electrons. The van der Waals surface area contributed by atoms with Gasteiger partial charge in [0.15, 0.2) is 0 Å². The monoisotopic (exact) mass is 222 g/mol. The molecule has 0 spiro atoms. The van der Waals surface area contributed by atoms with Crippen LogP contribution in [0.4, 0.5) is 5.95 Å². The molecule has 3 N–H and O–H groups in total.